The van der Waals surface area contributed by atoms with E-state index in [1.165, 1.54) is 10.2 Å². The number of nitrogens with one attached hydrogen (secondary N) is 2. The second-order valence-electron chi connectivity index (χ2n) is 10.3. The van der Waals surface area contributed by atoms with E-state index in [2.05, 4.69) is 32.8 Å². The molecule has 210 valence electrons. The number of para-hydroxylation sites is 2. The minimum Gasteiger partial charge on any atom is -0.492 e. The van der Waals surface area contributed by atoms with Crippen molar-refractivity contribution < 1.29 is 9.53 Å². The average Bonchev–Trinajstić information content (AvgIpc) is 3.80. The molecule has 2 N–H and O–H groups in total. The number of urea groups is 1. The van der Waals surface area contributed by atoms with Crippen LogP contribution in [0.2, 0.25) is 0 Å². The molecule has 1 saturated heterocycles. The summed E-state index contributed by atoms with van der Waals surface area (Å²) in [5, 5.41) is 11.0. The number of benzene rings is 3. The Morgan fingerprint density at radius 3 is 2.24 bits per heavy atom. The van der Waals surface area contributed by atoms with E-state index in [1.54, 1.807) is 6.20 Å². The minimum atomic E-state index is -0.228. The van der Waals surface area contributed by atoms with Gasteiger partial charge in [-0.1, -0.05) is 66.7 Å². The topological polar surface area (TPSA) is 91.7 Å². The van der Waals surface area contributed by atoms with Gasteiger partial charge in [0.2, 0.25) is 0 Å². The van der Waals surface area contributed by atoms with Gasteiger partial charge in [0.15, 0.2) is 0 Å². The van der Waals surface area contributed by atoms with E-state index >= 15 is 0 Å². The van der Waals surface area contributed by atoms with Gasteiger partial charge in [0.1, 0.15) is 18.0 Å². The van der Waals surface area contributed by atoms with Crippen LogP contribution in [-0.2, 0) is 0 Å². The summed E-state index contributed by atoms with van der Waals surface area (Å²) >= 11 is 0. The number of piperazine rings is 1. The molecule has 2 atom stereocenters. The second kappa shape index (κ2) is 12.2. The Hall–Kier alpha value is -4.79. The number of rotatable bonds is 9. The maximum absolute atomic E-state index is 13.6. The first-order valence-electron chi connectivity index (χ1n) is 14.1. The zero-order valence-corrected chi connectivity index (χ0v) is 22.9. The van der Waals surface area contributed by atoms with Gasteiger partial charge in [-0.25, -0.2) is 4.79 Å². The predicted molar refractivity (Wildman–Crippen MR) is 160 cm³/mol. The first kappa shape index (κ1) is 26.4. The van der Waals surface area contributed by atoms with Crippen molar-refractivity contribution in [2.75, 3.05) is 49.5 Å². The number of nitrogens with zero attached hydrogens (tertiary/aromatic N) is 4. The molecular weight excluding hydrogens is 516 g/mol. The summed E-state index contributed by atoms with van der Waals surface area (Å²) in [4.78, 5) is 30.6. The normalized spacial score (nSPS) is 18.0. The highest BCUT2D eigenvalue weighted by atomic mass is 16.5. The van der Waals surface area contributed by atoms with Gasteiger partial charge in [-0.2, -0.15) is 9.78 Å². The number of hydrogen-bond donors (Lipinski definition) is 2. The summed E-state index contributed by atoms with van der Waals surface area (Å²) in [6.07, 6.45) is 2.71. The van der Waals surface area contributed by atoms with Crippen molar-refractivity contribution in [2.24, 2.45) is 0 Å². The van der Waals surface area contributed by atoms with E-state index in [1.807, 2.05) is 83.8 Å². The Morgan fingerprint density at radius 2 is 1.54 bits per heavy atom. The standard InChI is InChI=1S/C32H34N6O3/c39-31-30(33-16-21-41-26-14-8-3-9-15-26)29(23-34-38(31)25-12-6-2-7-13-25)36-17-19-37(20-18-36)32(40)35-28-22-27(28)24-10-4-1-5-11-24/h1-15,23,27-28,33H,16-22H2,(H,35,40)/t27-,28+/m0/s1. The van der Waals surface area contributed by atoms with Gasteiger partial charge < -0.3 is 25.2 Å². The lowest BCUT2D eigenvalue weighted by atomic mass is 10.1. The van der Waals surface area contributed by atoms with Crippen LogP contribution in [0.4, 0.5) is 16.2 Å². The predicted octanol–water partition coefficient (Wildman–Crippen LogP) is 4.11. The Labute approximate surface area is 239 Å². The fourth-order valence-electron chi connectivity index (χ4n) is 5.29. The molecule has 1 aliphatic carbocycles. The van der Waals surface area contributed by atoms with E-state index in [9.17, 15) is 9.59 Å². The van der Waals surface area contributed by atoms with E-state index in [0.29, 0.717) is 56.6 Å². The van der Waals surface area contributed by atoms with Gasteiger partial charge in [-0.05, 0) is 36.2 Å². The zero-order chi connectivity index (χ0) is 28.0. The summed E-state index contributed by atoms with van der Waals surface area (Å²) in [5.74, 6) is 1.17. The molecule has 0 radical (unpaired) electrons. The first-order valence-corrected chi connectivity index (χ1v) is 14.1. The Kier molecular flexibility index (Phi) is 7.84. The maximum atomic E-state index is 13.6. The SMILES string of the molecule is O=C(N[C@@H]1C[C@H]1c1ccccc1)N1CCN(c2cnn(-c3ccccc3)c(=O)c2NCCOc2ccccc2)CC1. The Balaban J connectivity index is 1.11. The molecule has 4 aromatic rings. The molecule has 1 aromatic heterocycles. The highest BCUT2D eigenvalue weighted by Crippen LogP contribution is 2.40. The van der Waals surface area contributed by atoms with Crippen LogP contribution in [0.3, 0.4) is 0 Å². The van der Waals surface area contributed by atoms with Crippen molar-refractivity contribution in [1.29, 1.82) is 0 Å². The Morgan fingerprint density at radius 1 is 0.878 bits per heavy atom. The van der Waals surface area contributed by atoms with Crippen LogP contribution in [0.25, 0.3) is 5.69 Å². The smallest absolute Gasteiger partial charge is 0.317 e. The molecule has 6 rings (SSSR count). The number of hydrogen-bond acceptors (Lipinski definition) is 6. The van der Waals surface area contributed by atoms with Gasteiger partial charge in [0, 0.05) is 44.7 Å². The fourth-order valence-corrected chi connectivity index (χ4v) is 5.29. The van der Waals surface area contributed by atoms with Crippen LogP contribution in [0.5, 0.6) is 5.75 Å². The molecule has 0 unspecified atom stereocenters. The van der Waals surface area contributed by atoms with E-state index in [4.69, 9.17) is 4.74 Å². The monoisotopic (exact) mass is 550 g/mol. The molecule has 3 aromatic carbocycles. The van der Waals surface area contributed by atoms with E-state index in [-0.39, 0.29) is 17.6 Å². The molecular formula is C32H34N6O3. The quantitative estimate of drug-likeness (QED) is 0.305. The van der Waals surface area contributed by atoms with Gasteiger partial charge in [-0.15, -0.1) is 0 Å². The third-order valence-electron chi connectivity index (χ3n) is 7.61. The van der Waals surface area contributed by atoms with Crippen molar-refractivity contribution in [3.05, 3.63) is 113 Å². The van der Waals surface area contributed by atoms with Crippen molar-refractivity contribution in [3.8, 4) is 11.4 Å². The molecule has 9 nitrogen and oxygen atoms in total. The van der Waals surface area contributed by atoms with Gasteiger partial charge in [-0.3, -0.25) is 4.79 Å². The number of aromatic nitrogens is 2. The largest absolute Gasteiger partial charge is 0.492 e. The Bertz CT molecular complexity index is 1510. The summed E-state index contributed by atoms with van der Waals surface area (Å²) in [6, 6.07) is 29.5. The maximum Gasteiger partial charge on any atom is 0.317 e. The van der Waals surface area contributed by atoms with Crippen LogP contribution in [0.1, 0.15) is 17.9 Å². The number of ether oxygens (including phenoxy) is 1. The van der Waals surface area contributed by atoms with Crippen LogP contribution >= 0.6 is 0 Å². The molecule has 2 heterocycles. The molecule has 2 amide bonds. The van der Waals surface area contributed by atoms with Crippen LogP contribution < -0.4 is 25.8 Å². The molecule has 0 spiro atoms. The summed E-state index contributed by atoms with van der Waals surface area (Å²) in [6.45, 7) is 3.18. The molecule has 0 bridgehead atoms. The average molecular weight is 551 g/mol. The lowest BCUT2D eigenvalue weighted by molar-refractivity contribution is 0.193. The van der Waals surface area contributed by atoms with Crippen molar-refractivity contribution in [2.45, 2.75) is 18.4 Å². The van der Waals surface area contributed by atoms with Gasteiger partial charge in [0.05, 0.1) is 17.6 Å². The number of carbonyl (C=O) groups is 1. The third-order valence-corrected chi connectivity index (χ3v) is 7.61. The van der Waals surface area contributed by atoms with E-state index < -0.39 is 0 Å². The summed E-state index contributed by atoms with van der Waals surface area (Å²) in [5.41, 5.74) is 2.95. The summed E-state index contributed by atoms with van der Waals surface area (Å²) in [7, 11) is 0. The summed E-state index contributed by atoms with van der Waals surface area (Å²) < 4.78 is 7.24. The number of carbonyl (C=O) groups excluding carboxylic acids is 1. The van der Waals surface area contributed by atoms with Gasteiger partial charge >= 0.3 is 6.03 Å². The molecule has 2 aliphatic rings. The van der Waals surface area contributed by atoms with Gasteiger partial charge in [0.25, 0.3) is 5.56 Å². The van der Waals surface area contributed by atoms with Crippen LogP contribution in [0.15, 0.2) is 102 Å². The molecule has 1 saturated carbocycles. The molecule has 9 heteroatoms. The lowest BCUT2D eigenvalue weighted by Gasteiger charge is -2.36. The van der Waals surface area contributed by atoms with Crippen molar-refractivity contribution in [3.63, 3.8) is 0 Å². The fraction of sp³-hybridized carbons (Fsp3) is 0.281. The first-order chi connectivity index (χ1) is 20.2. The highest BCUT2D eigenvalue weighted by molar-refractivity contribution is 5.76. The number of anilines is 2. The lowest BCUT2D eigenvalue weighted by Crippen LogP contribution is -2.52. The number of amides is 2. The van der Waals surface area contributed by atoms with Crippen LogP contribution in [-0.4, -0.2) is 66.1 Å². The van der Waals surface area contributed by atoms with Crippen LogP contribution in [0, 0.1) is 0 Å². The molecule has 1 aliphatic heterocycles. The van der Waals surface area contributed by atoms with Crippen molar-refractivity contribution >= 4 is 17.4 Å². The molecule has 41 heavy (non-hydrogen) atoms. The molecule has 2 fully saturated rings. The third kappa shape index (κ3) is 6.19. The highest BCUT2D eigenvalue weighted by Gasteiger charge is 2.40. The minimum absolute atomic E-state index is 0.0258. The van der Waals surface area contributed by atoms with Crippen molar-refractivity contribution in [1.82, 2.24) is 20.0 Å². The second-order valence-corrected chi connectivity index (χ2v) is 10.3. The van der Waals surface area contributed by atoms with E-state index in [0.717, 1.165) is 17.9 Å². The zero-order valence-electron chi connectivity index (χ0n) is 22.9.